The summed E-state index contributed by atoms with van der Waals surface area (Å²) in [6.45, 7) is 2.02. The first-order valence-corrected chi connectivity index (χ1v) is 18.9. The van der Waals surface area contributed by atoms with Crippen molar-refractivity contribution in [2.75, 3.05) is 20.4 Å². The van der Waals surface area contributed by atoms with Crippen LogP contribution in [0.1, 0.15) is 52.6 Å². The van der Waals surface area contributed by atoms with Crippen molar-refractivity contribution < 1.29 is 39.8 Å². The van der Waals surface area contributed by atoms with Gasteiger partial charge in [-0.15, -0.1) is 0 Å². The van der Waals surface area contributed by atoms with Gasteiger partial charge in [0.25, 0.3) is 0 Å². The zero-order chi connectivity index (χ0) is 39.6. The molecule has 0 fully saturated rings. The fourth-order valence-corrected chi connectivity index (χ4v) is 7.43. The minimum absolute atomic E-state index is 0.0186. The molecule has 10 heteroatoms. The molecule has 5 aromatic carbocycles. The number of methoxy groups -OCH3 is 1. The van der Waals surface area contributed by atoms with Crippen LogP contribution in [0.5, 0.6) is 28.7 Å². The van der Waals surface area contributed by atoms with Gasteiger partial charge >= 0.3 is 0 Å². The predicted molar refractivity (Wildman–Crippen MR) is 217 cm³/mol. The minimum Gasteiger partial charge on any atom is -0.508 e. The zero-order valence-corrected chi connectivity index (χ0v) is 31.7. The number of aliphatic hydroxyl groups excluding tert-OH is 2. The fourth-order valence-electron chi connectivity index (χ4n) is 7.43. The van der Waals surface area contributed by atoms with Crippen LogP contribution in [0.4, 0.5) is 0 Å². The van der Waals surface area contributed by atoms with Gasteiger partial charge in [0.1, 0.15) is 18.3 Å². The summed E-state index contributed by atoms with van der Waals surface area (Å²) in [5.41, 5.74) is 5.06. The average Bonchev–Trinajstić information content (AvgIpc) is 3.70. The number of fused-ring (bicyclic) bond motifs is 1. The predicted octanol–water partition coefficient (Wildman–Crippen LogP) is 6.94. The van der Waals surface area contributed by atoms with E-state index in [0.29, 0.717) is 42.7 Å². The van der Waals surface area contributed by atoms with Gasteiger partial charge in [-0.3, -0.25) is 10.1 Å². The van der Waals surface area contributed by atoms with E-state index in [1.54, 1.807) is 49.4 Å². The maximum absolute atomic E-state index is 14.4. The average molecular weight is 759 g/mol. The third-order valence-corrected chi connectivity index (χ3v) is 10.3. The first-order chi connectivity index (χ1) is 27.1. The summed E-state index contributed by atoms with van der Waals surface area (Å²) in [5, 5.41) is 58.6. The molecule has 4 atom stereocenters. The molecule has 0 radical (unpaired) electrons. The quantitative estimate of drug-likeness (QED) is 0.0343. The van der Waals surface area contributed by atoms with Crippen LogP contribution in [-0.2, 0) is 30.5 Å². The minimum atomic E-state index is -1.05. The van der Waals surface area contributed by atoms with Crippen LogP contribution in [0.3, 0.4) is 0 Å². The molecule has 6 aromatic rings. The molecule has 10 nitrogen and oxygen atoms in total. The summed E-state index contributed by atoms with van der Waals surface area (Å²) in [6, 6.07) is 31.2. The fraction of sp³-hybridized carbons (Fsp3) is 0.283. The number of ketones is 1. The van der Waals surface area contributed by atoms with Crippen molar-refractivity contribution in [3.05, 3.63) is 149 Å². The molecule has 0 saturated heterocycles. The Kier molecular flexibility index (Phi) is 13.3. The number of Topliss-reactive ketones (excluding diaryl/α,β-unsaturated/α-hetero) is 1. The smallest absolute Gasteiger partial charge is 0.164 e. The molecule has 0 spiro atoms. The standard InChI is InChI=1S/C46H50N2O8/c1-29(49)26-48-28-56-45-21-30(13-15-41(45)51)20-39(33-10-6-11-37(50)23-33)44(54)25-43(53)36(19-31-17-18-47-27-31)22-35-14-16-42(52)46(55-2)40(35)24-34-9-5-8-32-7-3-4-12-38(32)34/h3-18,21,23,27,29,36,39,43,47-53H,19-20,22,24-26,28H2,1-2H3/t29-,36-,39+,43+/m0/s1. The number of rotatable bonds is 19. The molecular formula is C46H50N2O8. The van der Waals surface area contributed by atoms with Crippen molar-refractivity contribution in [1.29, 1.82) is 0 Å². The molecule has 0 aliphatic heterocycles. The van der Waals surface area contributed by atoms with Crippen LogP contribution in [0.15, 0.2) is 116 Å². The molecule has 0 amide bonds. The Hall–Kier alpha value is -5.81. The molecule has 7 N–H and O–H groups in total. The highest BCUT2D eigenvalue weighted by atomic mass is 16.5. The molecule has 0 saturated carbocycles. The SMILES string of the molecule is COc1c(O)ccc(C[C@H](Cc2cc[nH]c2)[C@H](O)CC(=O)[C@H](Cc2ccc(O)c(OCNC[C@H](C)O)c2)c2cccc(O)c2)c1Cc1cccc2ccccc12. The van der Waals surface area contributed by atoms with Crippen molar-refractivity contribution in [2.24, 2.45) is 5.92 Å². The molecular weight excluding hydrogens is 709 g/mol. The third-order valence-electron chi connectivity index (χ3n) is 10.3. The van der Waals surface area contributed by atoms with Gasteiger partial charge in [0.05, 0.1) is 19.3 Å². The number of phenols is 3. The van der Waals surface area contributed by atoms with Gasteiger partial charge in [-0.25, -0.2) is 0 Å². The maximum atomic E-state index is 14.4. The second-order valence-corrected chi connectivity index (χ2v) is 14.4. The summed E-state index contributed by atoms with van der Waals surface area (Å²) < 4.78 is 11.5. The summed E-state index contributed by atoms with van der Waals surface area (Å²) in [5.74, 6) is -0.771. The molecule has 6 rings (SSSR count). The van der Waals surface area contributed by atoms with Crippen LogP contribution in [0, 0.1) is 5.92 Å². The lowest BCUT2D eigenvalue weighted by Crippen LogP contribution is -2.30. The van der Waals surface area contributed by atoms with Crippen molar-refractivity contribution >= 4 is 16.6 Å². The summed E-state index contributed by atoms with van der Waals surface area (Å²) in [4.78, 5) is 17.5. The number of benzene rings is 5. The van der Waals surface area contributed by atoms with Gasteiger partial charge in [0.2, 0.25) is 0 Å². The Bertz CT molecular complexity index is 2210. The van der Waals surface area contributed by atoms with E-state index in [9.17, 15) is 30.3 Å². The number of aromatic hydroxyl groups is 3. The van der Waals surface area contributed by atoms with Crippen molar-refractivity contribution in [3.8, 4) is 28.7 Å². The largest absolute Gasteiger partial charge is 0.508 e. The number of carbonyl (C=O) groups excluding carboxylic acids is 1. The van der Waals surface area contributed by atoms with Crippen LogP contribution in [0.25, 0.3) is 10.8 Å². The molecule has 1 aromatic heterocycles. The van der Waals surface area contributed by atoms with E-state index in [1.807, 2.05) is 42.7 Å². The number of hydrogen-bond donors (Lipinski definition) is 7. The number of nitrogens with one attached hydrogen (secondary N) is 2. The van der Waals surface area contributed by atoms with Crippen molar-refractivity contribution in [1.82, 2.24) is 10.3 Å². The molecule has 0 bridgehead atoms. The van der Waals surface area contributed by atoms with Gasteiger partial charge in [-0.1, -0.05) is 66.7 Å². The first-order valence-electron chi connectivity index (χ1n) is 18.9. The van der Waals surface area contributed by atoms with Crippen molar-refractivity contribution in [3.63, 3.8) is 0 Å². The summed E-state index contributed by atoms with van der Waals surface area (Å²) in [6.07, 6.45) is 3.52. The number of aromatic amines is 1. The van der Waals surface area contributed by atoms with Crippen LogP contribution in [-0.4, -0.2) is 68.9 Å². The lowest BCUT2D eigenvalue weighted by molar-refractivity contribution is -0.123. The van der Waals surface area contributed by atoms with Crippen LogP contribution in [0.2, 0.25) is 0 Å². The Morgan fingerprint density at radius 3 is 2.36 bits per heavy atom. The highest BCUT2D eigenvalue weighted by molar-refractivity contribution is 5.87. The molecule has 56 heavy (non-hydrogen) atoms. The lowest BCUT2D eigenvalue weighted by atomic mass is 9.80. The van der Waals surface area contributed by atoms with Gasteiger partial charge in [-0.05, 0) is 107 Å². The molecule has 292 valence electrons. The molecule has 0 aliphatic carbocycles. The number of aromatic nitrogens is 1. The Balaban J connectivity index is 1.28. The van der Waals surface area contributed by atoms with Gasteiger partial charge < -0.3 is 40.0 Å². The normalized spacial score (nSPS) is 13.6. The number of ether oxygens (including phenoxy) is 2. The number of hydrogen-bond acceptors (Lipinski definition) is 9. The van der Waals surface area contributed by atoms with E-state index < -0.39 is 24.0 Å². The second kappa shape index (κ2) is 18.7. The van der Waals surface area contributed by atoms with E-state index in [4.69, 9.17) is 9.47 Å². The summed E-state index contributed by atoms with van der Waals surface area (Å²) >= 11 is 0. The lowest BCUT2D eigenvalue weighted by Gasteiger charge is -2.26. The molecule has 1 heterocycles. The monoisotopic (exact) mass is 758 g/mol. The number of aliphatic hydroxyl groups is 2. The number of H-pyrrole nitrogens is 1. The molecule has 0 aliphatic rings. The Morgan fingerprint density at radius 1 is 0.804 bits per heavy atom. The third kappa shape index (κ3) is 10.1. The highest BCUT2D eigenvalue weighted by Crippen LogP contribution is 2.38. The topological polar surface area (TPSA) is 164 Å². The molecule has 0 unspecified atom stereocenters. The van der Waals surface area contributed by atoms with Crippen molar-refractivity contribution in [2.45, 2.75) is 57.2 Å². The Morgan fingerprint density at radius 2 is 1.59 bits per heavy atom. The van der Waals surface area contributed by atoms with E-state index >= 15 is 0 Å². The second-order valence-electron chi connectivity index (χ2n) is 14.4. The van der Waals surface area contributed by atoms with Gasteiger partial charge in [-0.2, -0.15) is 0 Å². The number of carbonyl (C=O) groups is 1. The maximum Gasteiger partial charge on any atom is 0.164 e. The van der Waals surface area contributed by atoms with E-state index in [1.165, 1.54) is 13.2 Å². The zero-order valence-electron chi connectivity index (χ0n) is 31.7. The first kappa shape index (κ1) is 39.9. The van der Waals surface area contributed by atoms with Crippen LogP contribution < -0.4 is 14.8 Å². The van der Waals surface area contributed by atoms with Crippen LogP contribution >= 0.6 is 0 Å². The van der Waals surface area contributed by atoms with E-state index in [0.717, 1.165) is 33.0 Å². The van der Waals surface area contributed by atoms with E-state index in [2.05, 4.69) is 34.6 Å². The van der Waals surface area contributed by atoms with Gasteiger partial charge in [0.15, 0.2) is 23.0 Å². The number of phenolic OH excluding ortho intramolecular Hbond substituents is 3. The highest BCUT2D eigenvalue weighted by Gasteiger charge is 2.30. The van der Waals surface area contributed by atoms with Gasteiger partial charge in [0, 0.05) is 43.3 Å². The Labute approximate surface area is 327 Å². The van der Waals surface area contributed by atoms with E-state index in [-0.39, 0.29) is 48.4 Å². The summed E-state index contributed by atoms with van der Waals surface area (Å²) in [7, 11) is 1.54.